The Morgan fingerprint density at radius 1 is 1.33 bits per heavy atom. The SMILES string of the molecule is NCC1CC(=O)N2C[C@@H](c3c(O)ccc(Cl)c3Cl)C[C@H]2C1. The molecule has 114 valence electrons. The molecule has 3 N–H and O–H groups in total. The second-order valence-corrected chi connectivity index (χ2v) is 6.75. The maximum Gasteiger partial charge on any atom is 0.223 e. The molecule has 0 radical (unpaired) electrons. The smallest absolute Gasteiger partial charge is 0.223 e. The molecule has 6 heteroatoms. The van der Waals surface area contributed by atoms with Gasteiger partial charge in [-0.2, -0.15) is 0 Å². The van der Waals surface area contributed by atoms with E-state index < -0.39 is 0 Å². The molecule has 1 aromatic rings. The fourth-order valence-corrected chi connectivity index (χ4v) is 4.09. The molecule has 3 rings (SSSR count). The third-order valence-corrected chi connectivity index (χ3v) is 5.47. The van der Waals surface area contributed by atoms with Gasteiger partial charge in [0.1, 0.15) is 5.75 Å². The summed E-state index contributed by atoms with van der Waals surface area (Å²) in [7, 11) is 0. The van der Waals surface area contributed by atoms with Crippen LogP contribution in [0, 0.1) is 5.92 Å². The first-order chi connectivity index (χ1) is 10.0. The van der Waals surface area contributed by atoms with Crippen molar-refractivity contribution < 1.29 is 9.90 Å². The number of fused-ring (bicyclic) bond motifs is 1. The number of phenolic OH excluding ortho intramolecular Hbond substituents is 1. The first kappa shape index (κ1) is 14.9. The van der Waals surface area contributed by atoms with E-state index in [9.17, 15) is 9.90 Å². The minimum Gasteiger partial charge on any atom is -0.508 e. The number of rotatable bonds is 2. The molecular weight excluding hydrogens is 311 g/mol. The summed E-state index contributed by atoms with van der Waals surface area (Å²) >= 11 is 12.3. The number of amides is 1. The summed E-state index contributed by atoms with van der Waals surface area (Å²) in [5.74, 6) is 0.599. The fourth-order valence-electron chi connectivity index (χ4n) is 3.61. The Hall–Kier alpha value is -0.970. The van der Waals surface area contributed by atoms with Gasteiger partial charge >= 0.3 is 0 Å². The molecule has 2 heterocycles. The van der Waals surface area contributed by atoms with E-state index in [1.807, 2.05) is 4.90 Å². The zero-order valence-corrected chi connectivity index (χ0v) is 13.1. The first-order valence-corrected chi connectivity index (χ1v) is 7.93. The van der Waals surface area contributed by atoms with Gasteiger partial charge in [-0.25, -0.2) is 0 Å². The number of piperidine rings is 1. The van der Waals surface area contributed by atoms with Crippen molar-refractivity contribution in [3.8, 4) is 5.75 Å². The molecule has 0 saturated carbocycles. The lowest BCUT2D eigenvalue weighted by molar-refractivity contribution is -0.136. The number of hydrogen-bond donors (Lipinski definition) is 2. The van der Waals surface area contributed by atoms with Crippen molar-refractivity contribution in [2.24, 2.45) is 11.7 Å². The van der Waals surface area contributed by atoms with Crippen LogP contribution >= 0.6 is 23.2 Å². The summed E-state index contributed by atoms with van der Waals surface area (Å²) in [6, 6.07) is 3.34. The normalized spacial score (nSPS) is 28.8. The van der Waals surface area contributed by atoms with Crippen LogP contribution in [0.4, 0.5) is 0 Å². The average Bonchev–Trinajstić information content (AvgIpc) is 2.87. The number of aromatic hydroxyl groups is 1. The largest absolute Gasteiger partial charge is 0.508 e. The highest BCUT2D eigenvalue weighted by molar-refractivity contribution is 6.42. The van der Waals surface area contributed by atoms with Crippen molar-refractivity contribution in [2.75, 3.05) is 13.1 Å². The van der Waals surface area contributed by atoms with Crippen molar-refractivity contribution in [2.45, 2.75) is 31.2 Å². The van der Waals surface area contributed by atoms with E-state index in [1.165, 1.54) is 0 Å². The van der Waals surface area contributed by atoms with E-state index in [-0.39, 0.29) is 29.5 Å². The van der Waals surface area contributed by atoms with E-state index in [2.05, 4.69) is 0 Å². The third kappa shape index (κ3) is 2.60. The van der Waals surface area contributed by atoms with Gasteiger partial charge in [-0.05, 0) is 37.4 Å². The molecule has 21 heavy (non-hydrogen) atoms. The van der Waals surface area contributed by atoms with Gasteiger partial charge in [-0.15, -0.1) is 0 Å². The molecule has 0 aliphatic carbocycles. The molecule has 2 aliphatic rings. The van der Waals surface area contributed by atoms with Gasteiger partial charge in [0.2, 0.25) is 5.91 Å². The van der Waals surface area contributed by atoms with Crippen LogP contribution in [0.2, 0.25) is 10.0 Å². The van der Waals surface area contributed by atoms with Crippen molar-refractivity contribution in [1.82, 2.24) is 4.90 Å². The molecule has 2 saturated heterocycles. The van der Waals surface area contributed by atoms with Crippen LogP contribution in [-0.4, -0.2) is 35.0 Å². The first-order valence-electron chi connectivity index (χ1n) is 7.17. The highest BCUT2D eigenvalue weighted by Gasteiger charge is 2.42. The molecule has 0 aromatic heterocycles. The molecular formula is C15H18Cl2N2O2. The number of halogens is 2. The lowest BCUT2D eigenvalue weighted by atomic mass is 9.88. The van der Waals surface area contributed by atoms with Gasteiger partial charge in [0.05, 0.1) is 10.0 Å². The molecule has 2 aliphatic heterocycles. The Morgan fingerprint density at radius 3 is 2.81 bits per heavy atom. The maximum atomic E-state index is 12.2. The lowest BCUT2D eigenvalue weighted by Crippen LogP contribution is -2.44. The van der Waals surface area contributed by atoms with Crippen LogP contribution in [0.3, 0.4) is 0 Å². The summed E-state index contributed by atoms with van der Waals surface area (Å²) in [5, 5.41) is 10.9. The van der Waals surface area contributed by atoms with E-state index in [1.54, 1.807) is 12.1 Å². The fraction of sp³-hybridized carbons (Fsp3) is 0.533. The quantitative estimate of drug-likeness (QED) is 0.877. The Kier molecular flexibility index (Phi) is 4.04. The maximum absolute atomic E-state index is 12.2. The van der Waals surface area contributed by atoms with Crippen LogP contribution in [-0.2, 0) is 4.79 Å². The molecule has 1 unspecified atom stereocenters. The monoisotopic (exact) mass is 328 g/mol. The van der Waals surface area contributed by atoms with Crippen molar-refractivity contribution in [3.05, 3.63) is 27.7 Å². The van der Waals surface area contributed by atoms with Crippen LogP contribution in [0.5, 0.6) is 5.75 Å². The number of nitrogens with two attached hydrogens (primary N) is 1. The summed E-state index contributed by atoms with van der Waals surface area (Å²) in [6.45, 7) is 1.14. The van der Waals surface area contributed by atoms with Crippen molar-refractivity contribution in [1.29, 1.82) is 0 Å². The number of benzene rings is 1. The van der Waals surface area contributed by atoms with Gasteiger partial charge in [0.15, 0.2) is 0 Å². The minimum atomic E-state index is 0.0293. The Bertz CT molecular complexity index is 579. The molecule has 3 atom stereocenters. The number of phenols is 1. The predicted octanol–water partition coefficient (Wildman–Crippen LogP) is 2.75. The van der Waals surface area contributed by atoms with Crippen LogP contribution < -0.4 is 5.73 Å². The second-order valence-electron chi connectivity index (χ2n) is 5.97. The predicted molar refractivity (Wildman–Crippen MR) is 82.8 cm³/mol. The topological polar surface area (TPSA) is 66.6 Å². The van der Waals surface area contributed by atoms with Gasteiger partial charge < -0.3 is 15.7 Å². The molecule has 0 spiro atoms. The van der Waals surface area contributed by atoms with E-state index in [0.29, 0.717) is 35.1 Å². The van der Waals surface area contributed by atoms with Crippen LogP contribution in [0.25, 0.3) is 0 Å². The van der Waals surface area contributed by atoms with Gasteiger partial charge in [0.25, 0.3) is 0 Å². The summed E-state index contributed by atoms with van der Waals surface area (Å²) in [5.41, 5.74) is 6.38. The van der Waals surface area contributed by atoms with Crippen molar-refractivity contribution in [3.63, 3.8) is 0 Å². The second kappa shape index (κ2) is 5.67. The summed E-state index contributed by atoms with van der Waals surface area (Å²) in [4.78, 5) is 14.1. The van der Waals surface area contributed by atoms with Gasteiger partial charge in [0, 0.05) is 30.5 Å². The summed E-state index contributed by atoms with van der Waals surface area (Å²) in [6.07, 6.45) is 2.25. The lowest BCUT2D eigenvalue weighted by Gasteiger charge is -2.33. The Balaban J connectivity index is 1.88. The molecule has 4 nitrogen and oxygen atoms in total. The van der Waals surface area contributed by atoms with Crippen molar-refractivity contribution >= 4 is 29.1 Å². The van der Waals surface area contributed by atoms with Gasteiger partial charge in [-0.1, -0.05) is 23.2 Å². The minimum absolute atomic E-state index is 0.0293. The highest BCUT2D eigenvalue weighted by atomic mass is 35.5. The number of nitrogens with zero attached hydrogens (tertiary/aromatic N) is 1. The number of carbonyl (C=O) groups excluding carboxylic acids is 1. The van der Waals surface area contributed by atoms with E-state index >= 15 is 0 Å². The summed E-state index contributed by atoms with van der Waals surface area (Å²) < 4.78 is 0. The molecule has 1 amide bonds. The third-order valence-electron chi connectivity index (χ3n) is 4.65. The molecule has 0 bridgehead atoms. The zero-order chi connectivity index (χ0) is 15.1. The molecule has 2 fully saturated rings. The average molecular weight is 329 g/mol. The Labute approximate surface area is 133 Å². The number of carbonyl (C=O) groups is 1. The zero-order valence-electron chi connectivity index (χ0n) is 11.6. The van der Waals surface area contributed by atoms with Gasteiger partial charge in [-0.3, -0.25) is 4.79 Å². The standard InChI is InChI=1S/C15H18Cl2N2O2/c16-11-1-2-12(20)14(15(11)17)9-5-10-3-8(6-18)4-13(21)19(10)7-9/h1-2,8-10,20H,3-7,18H2/t8?,9-,10+/m0/s1. The number of hydrogen-bond acceptors (Lipinski definition) is 3. The van der Waals surface area contributed by atoms with E-state index in [0.717, 1.165) is 12.8 Å². The van der Waals surface area contributed by atoms with Crippen LogP contribution in [0.1, 0.15) is 30.7 Å². The molecule has 1 aromatic carbocycles. The Morgan fingerprint density at radius 2 is 2.10 bits per heavy atom. The highest BCUT2D eigenvalue weighted by Crippen LogP contribution is 2.45. The van der Waals surface area contributed by atoms with E-state index in [4.69, 9.17) is 28.9 Å². The van der Waals surface area contributed by atoms with Crippen LogP contribution in [0.15, 0.2) is 12.1 Å².